The van der Waals surface area contributed by atoms with E-state index in [2.05, 4.69) is 29.2 Å². The SMILES string of the molecule is O=CC[C@H]1CC[C@@H]2OC[C@@H](c3ccccc3)N12. The number of ether oxygens (including phenoxy) is 1. The van der Waals surface area contributed by atoms with Crippen LogP contribution in [0.1, 0.15) is 30.9 Å². The van der Waals surface area contributed by atoms with Crippen LogP contribution >= 0.6 is 0 Å². The van der Waals surface area contributed by atoms with Crippen molar-refractivity contribution in [2.75, 3.05) is 6.61 Å². The Morgan fingerprint density at radius 3 is 2.88 bits per heavy atom. The van der Waals surface area contributed by atoms with Gasteiger partial charge < -0.3 is 9.53 Å². The second-order valence-electron chi connectivity index (χ2n) is 4.80. The predicted molar refractivity (Wildman–Crippen MR) is 64.5 cm³/mol. The summed E-state index contributed by atoms with van der Waals surface area (Å²) in [5.41, 5.74) is 1.30. The van der Waals surface area contributed by atoms with Crippen molar-refractivity contribution in [2.45, 2.75) is 37.6 Å². The number of carbonyl (C=O) groups is 1. The summed E-state index contributed by atoms with van der Waals surface area (Å²) in [6.07, 6.45) is 4.02. The van der Waals surface area contributed by atoms with Crippen molar-refractivity contribution in [3.8, 4) is 0 Å². The van der Waals surface area contributed by atoms with Crippen LogP contribution in [0.4, 0.5) is 0 Å². The van der Waals surface area contributed by atoms with E-state index in [0.29, 0.717) is 18.5 Å². The summed E-state index contributed by atoms with van der Waals surface area (Å²) in [6.45, 7) is 0.754. The molecule has 1 aromatic rings. The summed E-state index contributed by atoms with van der Waals surface area (Å²) < 4.78 is 5.83. The molecular weight excluding hydrogens is 214 g/mol. The molecule has 2 aliphatic heterocycles. The highest BCUT2D eigenvalue weighted by atomic mass is 16.5. The molecule has 0 aromatic heterocycles. The van der Waals surface area contributed by atoms with Gasteiger partial charge in [0.2, 0.25) is 0 Å². The van der Waals surface area contributed by atoms with E-state index >= 15 is 0 Å². The Morgan fingerprint density at radius 1 is 1.29 bits per heavy atom. The Kier molecular flexibility index (Phi) is 2.95. The van der Waals surface area contributed by atoms with Crippen molar-refractivity contribution < 1.29 is 9.53 Å². The van der Waals surface area contributed by atoms with Crippen LogP contribution in [0.5, 0.6) is 0 Å². The number of benzene rings is 1. The summed E-state index contributed by atoms with van der Waals surface area (Å²) in [5, 5.41) is 0. The van der Waals surface area contributed by atoms with Crippen molar-refractivity contribution in [1.29, 1.82) is 0 Å². The van der Waals surface area contributed by atoms with Crippen LogP contribution in [0.25, 0.3) is 0 Å². The molecule has 0 spiro atoms. The fourth-order valence-corrected chi connectivity index (χ4v) is 3.08. The van der Waals surface area contributed by atoms with Crippen LogP contribution in [0, 0.1) is 0 Å². The average Bonchev–Trinajstić information content (AvgIpc) is 2.94. The molecule has 0 radical (unpaired) electrons. The molecule has 90 valence electrons. The van der Waals surface area contributed by atoms with Crippen LogP contribution in [-0.4, -0.2) is 30.1 Å². The van der Waals surface area contributed by atoms with Crippen molar-refractivity contribution in [3.63, 3.8) is 0 Å². The molecule has 2 aliphatic rings. The first-order valence-electron chi connectivity index (χ1n) is 6.28. The van der Waals surface area contributed by atoms with E-state index in [1.54, 1.807) is 0 Å². The molecule has 0 saturated carbocycles. The molecule has 3 atom stereocenters. The van der Waals surface area contributed by atoms with E-state index < -0.39 is 0 Å². The third-order valence-electron chi connectivity index (χ3n) is 3.86. The minimum atomic E-state index is 0.227. The maximum absolute atomic E-state index is 10.7. The molecule has 17 heavy (non-hydrogen) atoms. The fraction of sp³-hybridized carbons (Fsp3) is 0.500. The standard InChI is InChI=1S/C14H17NO2/c16-9-8-12-6-7-14-15(12)13(10-17-14)11-4-2-1-3-5-11/h1-5,9,12-14H,6-8,10H2/t12-,13+,14+/m1/s1. The lowest BCUT2D eigenvalue weighted by molar-refractivity contribution is -0.109. The molecule has 3 heteroatoms. The third-order valence-corrected chi connectivity index (χ3v) is 3.86. The van der Waals surface area contributed by atoms with Gasteiger partial charge in [0.1, 0.15) is 12.5 Å². The normalized spacial score (nSPS) is 32.6. The lowest BCUT2D eigenvalue weighted by Gasteiger charge is -2.27. The largest absolute Gasteiger partial charge is 0.361 e. The van der Waals surface area contributed by atoms with E-state index in [1.165, 1.54) is 5.56 Å². The van der Waals surface area contributed by atoms with Crippen LogP contribution in [0.15, 0.2) is 30.3 Å². The van der Waals surface area contributed by atoms with E-state index in [4.69, 9.17) is 4.74 Å². The number of hydrogen-bond acceptors (Lipinski definition) is 3. The van der Waals surface area contributed by atoms with Gasteiger partial charge in [0.05, 0.1) is 12.6 Å². The smallest absolute Gasteiger partial charge is 0.121 e. The summed E-state index contributed by atoms with van der Waals surface area (Å²) in [4.78, 5) is 13.1. The maximum atomic E-state index is 10.7. The molecule has 0 amide bonds. The monoisotopic (exact) mass is 231 g/mol. The third kappa shape index (κ3) is 1.90. The van der Waals surface area contributed by atoms with E-state index in [9.17, 15) is 4.79 Å². The minimum Gasteiger partial charge on any atom is -0.361 e. The van der Waals surface area contributed by atoms with Gasteiger partial charge in [-0.2, -0.15) is 0 Å². The molecule has 2 saturated heterocycles. The van der Waals surface area contributed by atoms with Crippen LogP contribution in [-0.2, 0) is 9.53 Å². The number of carbonyl (C=O) groups excluding carboxylic acids is 1. The van der Waals surface area contributed by atoms with Crippen molar-refractivity contribution in [1.82, 2.24) is 4.90 Å². The number of rotatable bonds is 3. The van der Waals surface area contributed by atoms with Crippen molar-refractivity contribution >= 4 is 6.29 Å². The number of nitrogens with zero attached hydrogens (tertiary/aromatic N) is 1. The van der Waals surface area contributed by atoms with E-state index in [1.807, 2.05) is 6.07 Å². The van der Waals surface area contributed by atoms with Gasteiger partial charge in [0.25, 0.3) is 0 Å². The van der Waals surface area contributed by atoms with Crippen LogP contribution in [0.3, 0.4) is 0 Å². The summed E-state index contributed by atoms with van der Waals surface area (Å²) in [7, 11) is 0. The molecule has 3 nitrogen and oxygen atoms in total. The molecule has 0 N–H and O–H groups in total. The van der Waals surface area contributed by atoms with Crippen molar-refractivity contribution in [3.05, 3.63) is 35.9 Å². The van der Waals surface area contributed by atoms with Gasteiger partial charge in [-0.1, -0.05) is 30.3 Å². The first-order chi connectivity index (χ1) is 8.40. The molecule has 3 rings (SSSR count). The van der Waals surface area contributed by atoms with Gasteiger partial charge in [0, 0.05) is 12.5 Å². The van der Waals surface area contributed by atoms with Gasteiger partial charge >= 0.3 is 0 Å². The zero-order chi connectivity index (χ0) is 11.7. The second kappa shape index (κ2) is 4.59. The Bertz CT molecular complexity index is 392. The Balaban J connectivity index is 1.84. The maximum Gasteiger partial charge on any atom is 0.121 e. The van der Waals surface area contributed by atoms with Gasteiger partial charge in [-0.05, 0) is 18.4 Å². The Hall–Kier alpha value is -1.19. The molecule has 0 bridgehead atoms. The molecule has 2 heterocycles. The summed E-state index contributed by atoms with van der Waals surface area (Å²) in [5.74, 6) is 0. The quantitative estimate of drug-likeness (QED) is 0.746. The van der Waals surface area contributed by atoms with Gasteiger partial charge in [-0.25, -0.2) is 0 Å². The minimum absolute atomic E-state index is 0.227. The predicted octanol–water partition coefficient (Wildman–Crippen LogP) is 2.14. The highest BCUT2D eigenvalue weighted by Gasteiger charge is 2.43. The van der Waals surface area contributed by atoms with Gasteiger partial charge in [-0.15, -0.1) is 0 Å². The number of hydrogen-bond donors (Lipinski definition) is 0. The lowest BCUT2D eigenvalue weighted by atomic mass is 10.0. The first kappa shape index (κ1) is 10.9. The van der Waals surface area contributed by atoms with Crippen molar-refractivity contribution in [2.24, 2.45) is 0 Å². The highest BCUT2D eigenvalue weighted by Crippen LogP contribution is 2.40. The molecule has 0 aliphatic carbocycles. The van der Waals surface area contributed by atoms with E-state index in [-0.39, 0.29) is 6.23 Å². The lowest BCUT2D eigenvalue weighted by Crippen LogP contribution is -2.34. The molecule has 1 aromatic carbocycles. The molecule has 0 unspecified atom stereocenters. The fourth-order valence-electron chi connectivity index (χ4n) is 3.08. The summed E-state index contributed by atoms with van der Waals surface area (Å²) >= 11 is 0. The van der Waals surface area contributed by atoms with Gasteiger partial charge in [-0.3, -0.25) is 4.90 Å². The highest BCUT2D eigenvalue weighted by molar-refractivity contribution is 5.50. The van der Waals surface area contributed by atoms with Crippen LogP contribution < -0.4 is 0 Å². The zero-order valence-corrected chi connectivity index (χ0v) is 9.79. The van der Waals surface area contributed by atoms with Gasteiger partial charge in [0.15, 0.2) is 0 Å². The van der Waals surface area contributed by atoms with Crippen LogP contribution in [0.2, 0.25) is 0 Å². The average molecular weight is 231 g/mol. The van der Waals surface area contributed by atoms with E-state index in [0.717, 1.165) is 25.7 Å². The zero-order valence-electron chi connectivity index (χ0n) is 9.79. The number of fused-ring (bicyclic) bond motifs is 1. The second-order valence-corrected chi connectivity index (χ2v) is 4.80. The summed E-state index contributed by atoms with van der Waals surface area (Å²) in [6, 6.07) is 11.1. The number of aldehydes is 1. The topological polar surface area (TPSA) is 29.5 Å². The molecular formula is C14H17NO2. The first-order valence-corrected chi connectivity index (χ1v) is 6.28. The Labute approximate surface area is 101 Å². The Morgan fingerprint density at radius 2 is 2.12 bits per heavy atom. The molecule has 2 fully saturated rings.